The zero-order valence-electron chi connectivity index (χ0n) is 10.4. The second-order valence-electron chi connectivity index (χ2n) is 4.58. The van der Waals surface area contributed by atoms with Crippen LogP contribution in [0.1, 0.15) is 25.7 Å². The van der Waals surface area contributed by atoms with Gasteiger partial charge in [-0.2, -0.15) is 0 Å². The maximum absolute atomic E-state index is 13.4. The standard InChI is InChI=1S/C13H15F3N2O/c14-9-7-10(15)12(11(16)8-9)17-13(19)18-5-3-1-2-4-6-18/h7-8H,1-6H2,(H,17,19). The van der Waals surface area contributed by atoms with E-state index in [1.807, 2.05) is 0 Å². The number of amides is 2. The molecule has 3 nitrogen and oxygen atoms in total. The Morgan fingerprint density at radius 3 is 2.05 bits per heavy atom. The number of hydrogen-bond acceptors (Lipinski definition) is 1. The van der Waals surface area contributed by atoms with Gasteiger partial charge < -0.3 is 10.2 Å². The third kappa shape index (κ3) is 3.39. The molecule has 0 aromatic heterocycles. The summed E-state index contributed by atoms with van der Waals surface area (Å²) in [5.74, 6) is -3.23. The summed E-state index contributed by atoms with van der Waals surface area (Å²) in [6, 6.07) is 0.536. The van der Waals surface area contributed by atoms with E-state index in [9.17, 15) is 18.0 Å². The first-order valence-electron chi connectivity index (χ1n) is 6.28. The van der Waals surface area contributed by atoms with Crippen molar-refractivity contribution in [1.29, 1.82) is 0 Å². The number of urea groups is 1. The predicted molar refractivity (Wildman–Crippen MR) is 65.4 cm³/mol. The second kappa shape index (κ2) is 5.95. The zero-order chi connectivity index (χ0) is 13.8. The van der Waals surface area contributed by atoms with Crippen LogP contribution in [0.25, 0.3) is 0 Å². The third-order valence-electron chi connectivity index (χ3n) is 3.13. The first-order chi connectivity index (χ1) is 9.08. The van der Waals surface area contributed by atoms with Crippen molar-refractivity contribution in [2.24, 2.45) is 0 Å². The van der Waals surface area contributed by atoms with Crippen LogP contribution < -0.4 is 5.32 Å². The first-order valence-corrected chi connectivity index (χ1v) is 6.28. The second-order valence-corrected chi connectivity index (χ2v) is 4.58. The molecule has 6 heteroatoms. The molecule has 1 aliphatic heterocycles. The minimum absolute atomic E-state index is 0.543. The molecule has 104 valence electrons. The molecule has 0 spiro atoms. The Hall–Kier alpha value is -1.72. The van der Waals surface area contributed by atoms with Crippen LogP contribution in [0.5, 0.6) is 0 Å². The van der Waals surface area contributed by atoms with Gasteiger partial charge in [0.05, 0.1) is 0 Å². The average molecular weight is 272 g/mol. The molecule has 1 aromatic rings. The molecule has 1 fully saturated rings. The number of likely N-dealkylation sites (tertiary alicyclic amines) is 1. The molecule has 1 N–H and O–H groups in total. The maximum Gasteiger partial charge on any atom is 0.322 e. The minimum Gasteiger partial charge on any atom is -0.325 e. The smallest absolute Gasteiger partial charge is 0.322 e. The molecule has 0 atom stereocenters. The van der Waals surface area contributed by atoms with E-state index >= 15 is 0 Å². The summed E-state index contributed by atoms with van der Waals surface area (Å²) in [5, 5.41) is 2.17. The van der Waals surface area contributed by atoms with Gasteiger partial charge in [-0.05, 0) is 12.8 Å². The zero-order valence-corrected chi connectivity index (χ0v) is 10.4. The van der Waals surface area contributed by atoms with E-state index in [1.165, 1.54) is 4.90 Å². The summed E-state index contributed by atoms with van der Waals surface area (Å²) >= 11 is 0. The van der Waals surface area contributed by atoms with Gasteiger partial charge in [0.25, 0.3) is 0 Å². The van der Waals surface area contributed by atoms with E-state index in [0.29, 0.717) is 25.2 Å². The molecule has 0 aliphatic carbocycles. The Bertz CT molecular complexity index is 448. The van der Waals surface area contributed by atoms with Crippen LogP contribution in [0.2, 0.25) is 0 Å². The van der Waals surface area contributed by atoms with Crippen molar-refractivity contribution < 1.29 is 18.0 Å². The van der Waals surface area contributed by atoms with Gasteiger partial charge in [0.1, 0.15) is 11.5 Å². The monoisotopic (exact) mass is 272 g/mol. The fourth-order valence-corrected chi connectivity index (χ4v) is 2.12. The Labute approximate surface area is 109 Å². The molecule has 0 saturated carbocycles. The lowest BCUT2D eigenvalue weighted by atomic mass is 10.2. The lowest BCUT2D eigenvalue weighted by molar-refractivity contribution is 0.213. The highest BCUT2D eigenvalue weighted by Gasteiger charge is 2.19. The van der Waals surface area contributed by atoms with Crippen LogP contribution in [0, 0.1) is 17.5 Å². The molecule has 1 heterocycles. The topological polar surface area (TPSA) is 32.3 Å². The highest BCUT2D eigenvalue weighted by atomic mass is 19.1. The highest BCUT2D eigenvalue weighted by molar-refractivity contribution is 5.89. The Morgan fingerprint density at radius 1 is 1.00 bits per heavy atom. The molecule has 1 saturated heterocycles. The fourth-order valence-electron chi connectivity index (χ4n) is 2.12. The number of anilines is 1. The number of rotatable bonds is 1. The number of nitrogens with zero attached hydrogens (tertiary/aromatic N) is 1. The normalized spacial score (nSPS) is 16.1. The lowest BCUT2D eigenvalue weighted by Crippen LogP contribution is -2.36. The van der Waals surface area contributed by atoms with Gasteiger partial charge in [-0.3, -0.25) is 0 Å². The summed E-state index contributed by atoms with van der Waals surface area (Å²) in [6.07, 6.45) is 3.84. The Kier molecular flexibility index (Phi) is 4.29. The van der Waals surface area contributed by atoms with Gasteiger partial charge in [0.2, 0.25) is 0 Å². The van der Waals surface area contributed by atoms with Gasteiger partial charge in [-0.1, -0.05) is 12.8 Å². The number of carbonyl (C=O) groups excluding carboxylic acids is 1. The van der Waals surface area contributed by atoms with Gasteiger partial charge in [0, 0.05) is 25.2 Å². The van der Waals surface area contributed by atoms with Crippen molar-refractivity contribution in [1.82, 2.24) is 4.90 Å². The molecule has 19 heavy (non-hydrogen) atoms. The van der Waals surface area contributed by atoms with Crippen LogP contribution in [0.4, 0.5) is 23.7 Å². The SMILES string of the molecule is O=C(Nc1c(F)cc(F)cc1F)N1CCCCCC1. The van der Waals surface area contributed by atoms with Gasteiger partial charge in [-0.15, -0.1) is 0 Å². The fraction of sp³-hybridized carbons (Fsp3) is 0.462. The largest absolute Gasteiger partial charge is 0.325 e. The summed E-state index contributed by atoms with van der Waals surface area (Å²) in [7, 11) is 0. The van der Waals surface area contributed by atoms with Crippen LogP contribution in [0.3, 0.4) is 0 Å². The molecular weight excluding hydrogens is 257 g/mol. The van der Waals surface area contributed by atoms with Crippen molar-refractivity contribution in [3.05, 3.63) is 29.6 Å². The molecule has 0 unspecified atom stereocenters. The van der Waals surface area contributed by atoms with Crippen molar-refractivity contribution in [2.45, 2.75) is 25.7 Å². The van der Waals surface area contributed by atoms with E-state index in [4.69, 9.17) is 0 Å². The number of nitrogens with one attached hydrogen (secondary N) is 1. The van der Waals surface area contributed by atoms with E-state index in [-0.39, 0.29) is 0 Å². The van der Waals surface area contributed by atoms with Crippen molar-refractivity contribution in [3.63, 3.8) is 0 Å². The summed E-state index contributed by atoms with van der Waals surface area (Å²) in [5.41, 5.74) is -0.601. The summed E-state index contributed by atoms with van der Waals surface area (Å²) in [6.45, 7) is 1.13. The molecule has 1 aliphatic rings. The first kappa shape index (κ1) is 13.7. The van der Waals surface area contributed by atoms with E-state index in [0.717, 1.165) is 25.7 Å². The lowest BCUT2D eigenvalue weighted by Gasteiger charge is -2.21. The van der Waals surface area contributed by atoms with Crippen molar-refractivity contribution in [3.8, 4) is 0 Å². The number of benzene rings is 1. The van der Waals surface area contributed by atoms with Crippen LogP contribution in [0.15, 0.2) is 12.1 Å². The number of halogens is 3. The number of hydrogen-bond donors (Lipinski definition) is 1. The predicted octanol–water partition coefficient (Wildman–Crippen LogP) is 3.51. The number of carbonyl (C=O) groups is 1. The molecule has 0 radical (unpaired) electrons. The van der Waals surface area contributed by atoms with E-state index in [2.05, 4.69) is 5.32 Å². The molecule has 0 bridgehead atoms. The van der Waals surface area contributed by atoms with Crippen LogP contribution in [-0.2, 0) is 0 Å². The quantitative estimate of drug-likeness (QED) is 0.833. The van der Waals surface area contributed by atoms with Crippen molar-refractivity contribution in [2.75, 3.05) is 18.4 Å². The van der Waals surface area contributed by atoms with Crippen LogP contribution in [-0.4, -0.2) is 24.0 Å². The van der Waals surface area contributed by atoms with Crippen molar-refractivity contribution >= 4 is 11.7 Å². The molecule has 1 aromatic carbocycles. The van der Waals surface area contributed by atoms with E-state index in [1.54, 1.807) is 0 Å². The van der Waals surface area contributed by atoms with Crippen LogP contribution >= 0.6 is 0 Å². The van der Waals surface area contributed by atoms with Gasteiger partial charge in [-0.25, -0.2) is 18.0 Å². The molecule has 2 rings (SSSR count). The molecular formula is C13H15F3N2O. The molecule has 2 amide bonds. The van der Waals surface area contributed by atoms with Gasteiger partial charge in [0.15, 0.2) is 11.6 Å². The van der Waals surface area contributed by atoms with E-state index < -0.39 is 29.2 Å². The van der Waals surface area contributed by atoms with Gasteiger partial charge >= 0.3 is 6.03 Å². The average Bonchev–Trinajstić information content (AvgIpc) is 2.62. The third-order valence-corrected chi connectivity index (χ3v) is 3.13. The Morgan fingerprint density at radius 2 is 1.53 bits per heavy atom. The summed E-state index contributed by atoms with van der Waals surface area (Å²) in [4.78, 5) is 13.4. The Balaban J connectivity index is 2.10. The summed E-state index contributed by atoms with van der Waals surface area (Å²) < 4.78 is 39.6. The minimum atomic E-state index is -1.11. The highest BCUT2D eigenvalue weighted by Crippen LogP contribution is 2.21. The maximum atomic E-state index is 13.4.